The van der Waals surface area contributed by atoms with Gasteiger partial charge in [0.05, 0.1) is 30.8 Å². The maximum Gasteiger partial charge on any atom is 0.356 e. The number of benzene rings is 2. The van der Waals surface area contributed by atoms with Gasteiger partial charge in [-0.25, -0.2) is 23.4 Å². The molecule has 30 heavy (non-hydrogen) atoms. The van der Waals surface area contributed by atoms with Gasteiger partial charge in [-0.2, -0.15) is 0 Å². The summed E-state index contributed by atoms with van der Waals surface area (Å²) in [5.74, 6) is -2.80. The third-order valence-corrected chi connectivity index (χ3v) is 4.16. The molecule has 2 aromatic carbocycles. The minimum absolute atomic E-state index is 0.0802. The fourth-order valence-electron chi connectivity index (χ4n) is 2.73. The zero-order valence-electron chi connectivity index (χ0n) is 16.1. The Morgan fingerprint density at radius 2 is 1.53 bits per heavy atom. The Hall–Kier alpha value is -3.94. The number of carbonyl (C=O) groups is 2. The zero-order chi connectivity index (χ0) is 21.7. The van der Waals surface area contributed by atoms with Crippen molar-refractivity contribution in [3.05, 3.63) is 83.7 Å². The molecule has 6 nitrogen and oxygen atoms in total. The third-order valence-electron chi connectivity index (χ3n) is 4.16. The zero-order valence-corrected chi connectivity index (χ0v) is 16.1. The van der Waals surface area contributed by atoms with E-state index in [1.165, 1.54) is 20.3 Å². The van der Waals surface area contributed by atoms with Crippen LogP contribution in [0.15, 0.2) is 60.8 Å². The summed E-state index contributed by atoms with van der Waals surface area (Å²) in [6, 6.07) is 14.0. The van der Waals surface area contributed by atoms with Gasteiger partial charge in [0.25, 0.3) is 0 Å². The van der Waals surface area contributed by atoms with Crippen molar-refractivity contribution in [2.24, 2.45) is 0 Å². The SMILES string of the molecule is COC(=O)c1cc(C(=O)OC)c2ccccc2n1.Fc1cc2cccnc2cc1F. The van der Waals surface area contributed by atoms with Gasteiger partial charge in [-0.15, -0.1) is 0 Å². The van der Waals surface area contributed by atoms with Crippen LogP contribution < -0.4 is 0 Å². The number of ether oxygens (including phenoxy) is 2. The normalized spacial score (nSPS) is 10.3. The number of aromatic nitrogens is 2. The number of fused-ring (bicyclic) bond motifs is 2. The second-order valence-corrected chi connectivity index (χ2v) is 6.02. The van der Waals surface area contributed by atoms with E-state index in [1.807, 2.05) is 0 Å². The first kappa shape index (κ1) is 20.8. The van der Waals surface area contributed by atoms with Gasteiger partial charge in [0, 0.05) is 23.0 Å². The highest BCUT2D eigenvalue weighted by atomic mass is 19.2. The Bertz CT molecular complexity index is 1200. The summed E-state index contributed by atoms with van der Waals surface area (Å²) in [6.45, 7) is 0. The Kier molecular flexibility index (Phi) is 6.26. The maximum absolute atomic E-state index is 12.6. The largest absolute Gasteiger partial charge is 0.465 e. The van der Waals surface area contributed by atoms with Gasteiger partial charge < -0.3 is 9.47 Å². The van der Waals surface area contributed by atoms with E-state index in [2.05, 4.69) is 14.7 Å². The molecule has 8 heteroatoms. The maximum atomic E-state index is 12.6. The quantitative estimate of drug-likeness (QED) is 0.458. The van der Waals surface area contributed by atoms with Gasteiger partial charge in [-0.3, -0.25) is 4.98 Å². The number of hydrogen-bond donors (Lipinski definition) is 0. The predicted molar refractivity (Wildman–Crippen MR) is 106 cm³/mol. The number of nitrogens with zero attached hydrogens (tertiary/aromatic N) is 2. The van der Waals surface area contributed by atoms with E-state index in [9.17, 15) is 18.4 Å². The van der Waals surface area contributed by atoms with E-state index >= 15 is 0 Å². The lowest BCUT2D eigenvalue weighted by Gasteiger charge is -2.06. The van der Waals surface area contributed by atoms with Gasteiger partial charge in [-0.05, 0) is 24.3 Å². The van der Waals surface area contributed by atoms with Crippen LogP contribution in [0.3, 0.4) is 0 Å². The van der Waals surface area contributed by atoms with Crippen molar-refractivity contribution in [1.29, 1.82) is 0 Å². The molecule has 0 radical (unpaired) electrons. The summed E-state index contributed by atoms with van der Waals surface area (Å²) in [7, 11) is 2.55. The Labute approximate surface area is 170 Å². The summed E-state index contributed by atoms with van der Waals surface area (Å²) in [6.07, 6.45) is 1.54. The average Bonchev–Trinajstić information content (AvgIpc) is 2.78. The number of halogens is 2. The van der Waals surface area contributed by atoms with Gasteiger partial charge >= 0.3 is 11.9 Å². The molecule has 0 saturated carbocycles. The van der Waals surface area contributed by atoms with Gasteiger partial charge in [-0.1, -0.05) is 24.3 Å². The van der Waals surface area contributed by atoms with Crippen molar-refractivity contribution >= 4 is 33.7 Å². The number of hydrogen-bond acceptors (Lipinski definition) is 6. The fourth-order valence-corrected chi connectivity index (χ4v) is 2.73. The van der Waals surface area contributed by atoms with Crippen LogP contribution in [0.25, 0.3) is 21.8 Å². The third kappa shape index (κ3) is 4.38. The molecule has 0 aliphatic carbocycles. The van der Waals surface area contributed by atoms with Crippen LogP contribution in [0.4, 0.5) is 8.78 Å². The monoisotopic (exact) mass is 410 g/mol. The van der Waals surface area contributed by atoms with Crippen LogP contribution in [0.1, 0.15) is 20.8 Å². The Morgan fingerprint density at radius 1 is 0.833 bits per heavy atom. The molecule has 0 saturated heterocycles. The number of para-hydroxylation sites is 1. The molecule has 0 unspecified atom stereocenters. The predicted octanol–water partition coefficient (Wildman–Crippen LogP) is 4.32. The summed E-state index contributed by atoms with van der Waals surface area (Å²) >= 11 is 0. The van der Waals surface area contributed by atoms with Crippen LogP contribution in [-0.2, 0) is 9.47 Å². The topological polar surface area (TPSA) is 78.4 Å². The molecule has 0 aliphatic heterocycles. The molecule has 0 spiro atoms. The number of rotatable bonds is 2. The number of pyridine rings is 2. The lowest BCUT2D eigenvalue weighted by molar-refractivity contribution is 0.0594. The van der Waals surface area contributed by atoms with Crippen LogP contribution in [-0.4, -0.2) is 36.1 Å². The molecule has 152 valence electrons. The lowest BCUT2D eigenvalue weighted by atomic mass is 10.1. The standard InChI is InChI=1S/C13H11NO4.C9H5F2N/c1-17-12(15)9-7-11(13(16)18-2)14-10-6-4-3-5-8(9)10;10-7-4-6-2-1-3-12-9(6)5-8(7)11/h3-7H,1-2H3;1-5H. The summed E-state index contributed by atoms with van der Waals surface area (Å²) < 4.78 is 34.6. The molecule has 0 aliphatic rings. The Morgan fingerprint density at radius 3 is 2.27 bits per heavy atom. The second-order valence-electron chi connectivity index (χ2n) is 6.02. The molecule has 0 atom stereocenters. The van der Waals surface area contributed by atoms with Crippen molar-refractivity contribution in [1.82, 2.24) is 9.97 Å². The molecular weight excluding hydrogens is 394 g/mol. The number of esters is 2. The van der Waals surface area contributed by atoms with E-state index < -0.39 is 23.6 Å². The summed E-state index contributed by atoms with van der Waals surface area (Å²) in [5.41, 5.74) is 1.39. The molecular formula is C22H16F2N2O4. The van der Waals surface area contributed by atoms with E-state index in [4.69, 9.17) is 4.74 Å². The molecule has 0 fully saturated rings. The molecule has 4 aromatic rings. The van der Waals surface area contributed by atoms with Crippen molar-refractivity contribution in [3.8, 4) is 0 Å². The van der Waals surface area contributed by atoms with Crippen LogP contribution >= 0.6 is 0 Å². The number of carbonyl (C=O) groups excluding carboxylic acids is 2. The van der Waals surface area contributed by atoms with Gasteiger partial charge in [0.2, 0.25) is 0 Å². The van der Waals surface area contributed by atoms with E-state index in [1.54, 1.807) is 42.6 Å². The van der Waals surface area contributed by atoms with Gasteiger partial charge in [0.1, 0.15) is 5.69 Å². The lowest BCUT2D eigenvalue weighted by Crippen LogP contribution is -2.09. The van der Waals surface area contributed by atoms with E-state index in [0.29, 0.717) is 27.4 Å². The highest BCUT2D eigenvalue weighted by Gasteiger charge is 2.16. The second kappa shape index (κ2) is 9.04. The summed E-state index contributed by atoms with van der Waals surface area (Å²) in [4.78, 5) is 31.2. The molecule has 0 bridgehead atoms. The Balaban J connectivity index is 0.000000184. The molecule has 0 N–H and O–H groups in total. The molecule has 2 aromatic heterocycles. The van der Waals surface area contributed by atoms with E-state index in [-0.39, 0.29) is 5.69 Å². The van der Waals surface area contributed by atoms with Crippen LogP contribution in [0, 0.1) is 11.6 Å². The van der Waals surface area contributed by atoms with Crippen LogP contribution in [0.2, 0.25) is 0 Å². The first-order chi connectivity index (χ1) is 14.4. The first-order valence-electron chi connectivity index (χ1n) is 8.70. The highest BCUT2D eigenvalue weighted by molar-refractivity contribution is 6.05. The average molecular weight is 410 g/mol. The highest BCUT2D eigenvalue weighted by Crippen LogP contribution is 2.19. The van der Waals surface area contributed by atoms with Crippen molar-refractivity contribution in [2.45, 2.75) is 0 Å². The smallest absolute Gasteiger partial charge is 0.356 e. The first-order valence-corrected chi connectivity index (χ1v) is 8.70. The van der Waals surface area contributed by atoms with Crippen molar-refractivity contribution < 1.29 is 27.8 Å². The van der Waals surface area contributed by atoms with Crippen molar-refractivity contribution in [3.63, 3.8) is 0 Å². The fraction of sp³-hybridized carbons (Fsp3) is 0.0909. The molecule has 0 amide bonds. The minimum atomic E-state index is -0.860. The van der Waals surface area contributed by atoms with Crippen LogP contribution in [0.5, 0.6) is 0 Å². The van der Waals surface area contributed by atoms with E-state index in [0.717, 1.165) is 12.1 Å². The van der Waals surface area contributed by atoms with Gasteiger partial charge in [0.15, 0.2) is 11.6 Å². The summed E-state index contributed by atoms with van der Waals surface area (Å²) in [5, 5.41) is 1.24. The minimum Gasteiger partial charge on any atom is -0.465 e. The molecule has 4 rings (SSSR count). The number of methoxy groups -OCH3 is 2. The molecule has 2 heterocycles. The van der Waals surface area contributed by atoms with Crippen molar-refractivity contribution in [2.75, 3.05) is 14.2 Å².